The second-order valence-electron chi connectivity index (χ2n) is 8.12. The summed E-state index contributed by atoms with van der Waals surface area (Å²) >= 11 is 0. The minimum atomic E-state index is -0.691. The van der Waals surface area contributed by atoms with Crippen LogP contribution in [0.1, 0.15) is 48.7 Å². The van der Waals surface area contributed by atoms with E-state index >= 15 is 0 Å². The molecule has 2 aromatic heterocycles. The third-order valence-electron chi connectivity index (χ3n) is 6.11. The quantitative estimate of drug-likeness (QED) is 0.533. The van der Waals surface area contributed by atoms with Gasteiger partial charge in [-0.05, 0) is 49.4 Å². The van der Waals surface area contributed by atoms with Crippen LogP contribution in [0.4, 0.5) is 4.79 Å². The van der Waals surface area contributed by atoms with E-state index in [1.54, 1.807) is 12.1 Å². The van der Waals surface area contributed by atoms with E-state index in [1.165, 1.54) is 17.2 Å². The number of carbonyl (C=O) groups is 3. The Bertz CT molecular complexity index is 1130. The summed E-state index contributed by atoms with van der Waals surface area (Å²) in [5.41, 5.74) is 3.44. The lowest BCUT2D eigenvalue weighted by atomic mass is 9.91. The first-order valence-corrected chi connectivity index (χ1v) is 10.6. The fourth-order valence-electron chi connectivity index (χ4n) is 4.58. The number of urea groups is 1. The summed E-state index contributed by atoms with van der Waals surface area (Å²) in [6, 6.07) is 10.4. The number of aromatic nitrogens is 1. The van der Waals surface area contributed by atoms with Crippen molar-refractivity contribution in [3.05, 3.63) is 59.7 Å². The van der Waals surface area contributed by atoms with E-state index < -0.39 is 12.1 Å². The fourth-order valence-corrected chi connectivity index (χ4v) is 4.58. The van der Waals surface area contributed by atoms with Crippen LogP contribution in [0.25, 0.3) is 10.9 Å². The lowest BCUT2D eigenvalue weighted by Crippen LogP contribution is -2.34. The number of aromatic amines is 1. The Labute approximate surface area is 179 Å². The standard InChI is InChI=1S/C23H24N4O4/c28-20(11-10-19-22(29)27(23(30)26-19)13-14-5-4-12-31-14)24-18-9-3-7-16-15-6-1-2-8-17(15)25-21(16)18/h1-2,4-6,8,12,18-19,25H,3,7,9-11,13H2,(H,24,28)(H,26,30)/t18-,19-/m0/s1. The number of nitrogens with zero attached hydrogens (tertiary/aromatic N) is 1. The Morgan fingerprint density at radius 2 is 2.06 bits per heavy atom. The van der Waals surface area contributed by atoms with Gasteiger partial charge >= 0.3 is 6.03 Å². The first-order chi connectivity index (χ1) is 15.1. The monoisotopic (exact) mass is 420 g/mol. The summed E-state index contributed by atoms with van der Waals surface area (Å²) in [7, 11) is 0. The van der Waals surface area contributed by atoms with Crippen LogP contribution in [0, 0.1) is 0 Å². The molecular formula is C23H24N4O4. The predicted molar refractivity (Wildman–Crippen MR) is 113 cm³/mol. The molecule has 5 rings (SSSR count). The molecule has 0 spiro atoms. The van der Waals surface area contributed by atoms with Gasteiger partial charge < -0.3 is 20.0 Å². The van der Waals surface area contributed by atoms with Gasteiger partial charge in [0.2, 0.25) is 5.91 Å². The second-order valence-corrected chi connectivity index (χ2v) is 8.12. The molecule has 160 valence electrons. The fraction of sp³-hybridized carbons (Fsp3) is 0.348. The average molecular weight is 420 g/mol. The molecule has 0 saturated carbocycles. The molecule has 1 saturated heterocycles. The average Bonchev–Trinajstić information content (AvgIpc) is 3.48. The van der Waals surface area contributed by atoms with Crippen LogP contribution in [0.5, 0.6) is 0 Å². The summed E-state index contributed by atoms with van der Waals surface area (Å²) < 4.78 is 5.22. The van der Waals surface area contributed by atoms with Crippen molar-refractivity contribution in [2.75, 3.05) is 0 Å². The van der Waals surface area contributed by atoms with Gasteiger partial charge in [-0.3, -0.25) is 14.5 Å². The van der Waals surface area contributed by atoms with Crippen molar-refractivity contribution in [2.45, 2.75) is 50.7 Å². The molecule has 1 aliphatic carbocycles. The van der Waals surface area contributed by atoms with Gasteiger partial charge in [0, 0.05) is 23.0 Å². The number of hydrogen-bond donors (Lipinski definition) is 3. The highest BCUT2D eigenvalue weighted by Crippen LogP contribution is 2.34. The van der Waals surface area contributed by atoms with Gasteiger partial charge in [-0.25, -0.2) is 4.79 Å². The molecular weight excluding hydrogens is 396 g/mol. The van der Waals surface area contributed by atoms with Crippen LogP contribution in [0.3, 0.4) is 0 Å². The van der Waals surface area contributed by atoms with Crippen LogP contribution in [0.2, 0.25) is 0 Å². The molecule has 0 radical (unpaired) electrons. The Morgan fingerprint density at radius 3 is 2.90 bits per heavy atom. The maximum Gasteiger partial charge on any atom is 0.325 e. The highest BCUT2D eigenvalue weighted by molar-refractivity contribution is 6.04. The van der Waals surface area contributed by atoms with E-state index in [4.69, 9.17) is 4.42 Å². The number of hydrogen-bond acceptors (Lipinski definition) is 4. The van der Waals surface area contributed by atoms with Crippen molar-refractivity contribution in [2.24, 2.45) is 0 Å². The number of benzene rings is 1. The van der Waals surface area contributed by atoms with Crippen molar-refractivity contribution in [3.8, 4) is 0 Å². The normalized spacial score (nSPS) is 20.7. The number of H-pyrrole nitrogens is 1. The second kappa shape index (κ2) is 7.94. The molecule has 0 unspecified atom stereocenters. The molecule has 3 aromatic rings. The molecule has 8 nitrogen and oxygen atoms in total. The first-order valence-electron chi connectivity index (χ1n) is 10.6. The first kappa shape index (κ1) is 19.4. The zero-order valence-electron chi connectivity index (χ0n) is 17.0. The summed E-state index contributed by atoms with van der Waals surface area (Å²) in [6.45, 7) is 0.0889. The number of rotatable bonds is 6. The molecule has 1 fully saturated rings. The third kappa shape index (κ3) is 3.69. The van der Waals surface area contributed by atoms with E-state index in [-0.39, 0.29) is 37.2 Å². The summed E-state index contributed by atoms with van der Waals surface area (Å²) in [5, 5.41) is 6.99. The van der Waals surface area contributed by atoms with Gasteiger partial charge in [0.25, 0.3) is 5.91 Å². The van der Waals surface area contributed by atoms with Crippen molar-refractivity contribution in [1.29, 1.82) is 0 Å². The molecule has 2 aliphatic rings. The van der Waals surface area contributed by atoms with Gasteiger partial charge in [0.1, 0.15) is 11.8 Å². The van der Waals surface area contributed by atoms with Crippen LogP contribution in [-0.2, 0) is 22.6 Å². The number of para-hydroxylation sites is 1. The number of carbonyl (C=O) groups excluding carboxylic acids is 3. The molecule has 31 heavy (non-hydrogen) atoms. The predicted octanol–water partition coefficient (Wildman–Crippen LogP) is 3.16. The van der Waals surface area contributed by atoms with Crippen LogP contribution in [-0.4, -0.2) is 33.8 Å². The highest BCUT2D eigenvalue weighted by atomic mass is 16.3. The molecule has 4 amide bonds. The zero-order valence-corrected chi connectivity index (χ0v) is 17.0. The number of aryl methyl sites for hydroxylation is 1. The number of amides is 4. The molecule has 3 N–H and O–H groups in total. The van der Waals surface area contributed by atoms with E-state index in [9.17, 15) is 14.4 Å². The number of fused-ring (bicyclic) bond motifs is 3. The van der Waals surface area contributed by atoms with Crippen LogP contribution >= 0.6 is 0 Å². The lowest BCUT2D eigenvalue weighted by molar-refractivity contribution is -0.128. The van der Waals surface area contributed by atoms with Gasteiger partial charge in [-0.15, -0.1) is 0 Å². The molecule has 3 heterocycles. The number of furan rings is 1. The number of nitrogens with one attached hydrogen (secondary N) is 3. The smallest absolute Gasteiger partial charge is 0.325 e. The minimum absolute atomic E-state index is 0.0621. The summed E-state index contributed by atoms with van der Waals surface area (Å²) in [5.74, 6) is 0.0844. The van der Waals surface area contributed by atoms with Crippen LogP contribution in [0.15, 0.2) is 47.1 Å². The largest absolute Gasteiger partial charge is 0.467 e. The summed E-state index contributed by atoms with van der Waals surface area (Å²) in [4.78, 5) is 42.0. The molecule has 1 aliphatic heterocycles. The molecule has 2 atom stereocenters. The van der Waals surface area contributed by atoms with E-state index in [0.717, 1.165) is 35.4 Å². The highest BCUT2D eigenvalue weighted by Gasteiger charge is 2.38. The SMILES string of the molecule is O=C(CC[C@@H]1NC(=O)N(Cc2ccco2)C1=O)N[C@H]1CCCc2c1[nH]c1ccccc21. The maximum atomic E-state index is 12.6. The Balaban J connectivity index is 1.19. The van der Waals surface area contributed by atoms with Crippen molar-refractivity contribution >= 4 is 28.7 Å². The van der Waals surface area contributed by atoms with E-state index in [0.29, 0.717) is 5.76 Å². The van der Waals surface area contributed by atoms with Gasteiger partial charge in [0.15, 0.2) is 0 Å². The topological polar surface area (TPSA) is 107 Å². The third-order valence-corrected chi connectivity index (χ3v) is 6.11. The minimum Gasteiger partial charge on any atom is -0.467 e. The van der Waals surface area contributed by atoms with Crippen LogP contribution < -0.4 is 10.6 Å². The zero-order chi connectivity index (χ0) is 21.4. The van der Waals surface area contributed by atoms with Crippen molar-refractivity contribution in [1.82, 2.24) is 20.5 Å². The lowest BCUT2D eigenvalue weighted by Gasteiger charge is -2.24. The molecule has 8 heteroatoms. The number of imide groups is 1. The Kier molecular flexibility index (Phi) is 4.97. The van der Waals surface area contributed by atoms with Gasteiger partial charge in [-0.1, -0.05) is 18.2 Å². The van der Waals surface area contributed by atoms with Crippen molar-refractivity contribution in [3.63, 3.8) is 0 Å². The Hall–Kier alpha value is -3.55. The van der Waals surface area contributed by atoms with Gasteiger partial charge in [-0.2, -0.15) is 0 Å². The van der Waals surface area contributed by atoms with Gasteiger partial charge in [0.05, 0.1) is 18.8 Å². The molecule has 0 bridgehead atoms. The van der Waals surface area contributed by atoms with Crippen molar-refractivity contribution < 1.29 is 18.8 Å². The summed E-state index contributed by atoms with van der Waals surface area (Å²) in [6.07, 6.45) is 4.81. The molecule has 1 aromatic carbocycles. The Morgan fingerprint density at radius 1 is 1.19 bits per heavy atom. The maximum absolute atomic E-state index is 12.6. The van der Waals surface area contributed by atoms with E-state index in [2.05, 4.69) is 27.8 Å². The van der Waals surface area contributed by atoms with E-state index in [1.807, 2.05) is 12.1 Å².